The van der Waals surface area contributed by atoms with Crippen LogP contribution in [0.25, 0.3) is 0 Å². The van der Waals surface area contributed by atoms with E-state index in [0.717, 1.165) is 5.69 Å². The van der Waals surface area contributed by atoms with Crippen molar-refractivity contribution in [1.29, 1.82) is 0 Å². The summed E-state index contributed by atoms with van der Waals surface area (Å²) < 4.78 is 11.1. The zero-order valence-corrected chi connectivity index (χ0v) is 14.2. The minimum absolute atomic E-state index is 0.0171. The molecule has 0 aliphatic carbocycles. The quantitative estimate of drug-likeness (QED) is 0.780. The lowest BCUT2D eigenvalue weighted by Crippen LogP contribution is -2.44. The molecule has 1 aliphatic heterocycles. The molecule has 1 amide bonds. The number of halogens is 1. The predicted octanol–water partition coefficient (Wildman–Crippen LogP) is 3.22. The van der Waals surface area contributed by atoms with Gasteiger partial charge in [-0.3, -0.25) is 0 Å². The Kier molecular flexibility index (Phi) is 5.11. The minimum Gasteiger partial charge on any atom is -0.460 e. The molecule has 2 heterocycles. The first-order valence-corrected chi connectivity index (χ1v) is 7.76. The van der Waals surface area contributed by atoms with Crippen LogP contribution in [-0.4, -0.2) is 45.8 Å². The highest BCUT2D eigenvalue weighted by Crippen LogP contribution is 2.20. The Hall–Kier alpha value is -1.56. The number of nitrogens with zero attached hydrogens (tertiary/aromatic N) is 3. The number of hydrogen-bond acceptors (Lipinski definition) is 5. The number of aryl methyl sites for hydroxylation is 1. The number of hydrogen-bond donors (Lipinski definition) is 0. The topological polar surface area (TPSA) is 64.5 Å². The van der Waals surface area contributed by atoms with Gasteiger partial charge < -0.3 is 14.4 Å². The molecule has 0 atom stereocenters. The van der Waals surface area contributed by atoms with Crippen molar-refractivity contribution in [3.05, 3.63) is 16.9 Å². The summed E-state index contributed by atoms with van der Waals surface area (Å²) >= 11 is 5.89. The second-order valence-corrected chi connectivity index (χ2v) is 6.79. The van der Waals surface area contributed by atoms with Gasteiger partial charge >= 0.3 is 12.1 Å². The summed E-state index contributed by atoms with van der Waals surface area (Å²) in [5.41, 5.74) is 0.289. The molecule has 0 spiro atoms. The number of carbonyl (C=O) groups is 1. The Bertz CT molecular complexity index is 517. The molecule has 0 radical (unpaired) electrons. The Morgan fingerprint density at radius 2 is 1.95 bits per heavy atom. The van der Waals surface area contributed by atoms with Gasteiger partial charge in [-0.2, -0.15) is 4.98 Å². The number of aromatic nitrogens is 2. The zero-order valence-electron chi connectivity index (χ0n) is 13.4. The van der Waals surface area contributed by atoms with Crippen LogP contribution < -0.4 is 4.74 Å². The SMILES string of the molecule is Cc1cc(Cl)nc(OC2CCN(C(=O)OC(C)(C)C)CC2)n1. The standard InChI is InChI=1S/C15H22ClN3O3/c1-10-9-12(16)18-13(17-10)21-11-5-7-19(8-6-11)14(20)22-15(2,3)4/h9,11H,5-8H2,1-4H3. The average Bonchev–Trinajstić information content (AvgIpc) is 2.36. The molecule has 122 valence electrons. The van der Waals surface area contributed by atoms with Crippen LogP contribution in [0.4, 0.5) is 4.79 Å². The monoisotopic (exact) mass is 327 g/mol. The summed E-state index contributed by atoms with van der Waals surface area (Å²) in [6, 6.07) is 1.97. The van der Waals surface area contributed by atoms with Gasteiger partial charge in [0.15, 0.2) is 0 Å². The van der Waals surface area contributed by atoms with E-state index in [2.05, 4.69) is 9.97 Å². The fourth-order valence-electron chi connectivity index (χ4n) is 2.19. The van der Waals surface area contributed by atoms with Crippen LogP contribution in [0.5, 0.6) is 6.01 Å². The van der Waals surface area contributed by atoms with Crippen molar-refractivity contribution in [2.75, 3.05) is 13.1 Å². The third kappa shape index (κ3) is 5.02. The number of carbonyl (C=O) groups excluding carboxylic acids is 1. The molecule has 0 aromatic carbocycles. The number of likely N-dealkylation sites (tertiary alicyclic amines) is 1. The zero-order chi connectivity index (χ0) is 16.3. The average molecular weight is 328 g/mol. The van der Waals surface area contributed by atoms with Gasteiger partial charge in [-0.1, -0.05) is 11.6 Å². The van der Waals surface area contributed by atoms with Gasteiger partial charge in [-0.15, -0.1) is 0 Å². The number of rotatable bonds is 2. The Morgan fingerprint density at radius 3 is 2.50 bits per heavy atom. The molecule has 0 saturated carbocycles. The van der Waals surface area contributed by atoms with Crippen molar-refractivity contribution in [3.63, 3.8) is 0 Å². The van der Waals surface area contributed by atoms with Crippen LogP contribution in [0, 0.1) is 6.92 Å². The maximum atomic E-state index is 12.0. The molecule has 1 aromatic heterocycles. The fourth-order valence-corrected chi connectivity index (χ4v) is 2.42. The molecular formula is C15H22ClN3O3. The summed E-state index contributed by atoms with van der Waals surface area (Å²) in [7, 11) is 0. The van der Waals surface area contributed by atoms with Gasteiger partial charge in [0.05, 0.1) is 0 Å². The van der Waals surface area contributed by atoms with Crippen molar-refractivity contribution >= 4 is 17.7 Å². The van der Waals surface area contributed by atoms with Crippen LogP contribution >= 0.6 is 11.6 Å². The molecule has 6 nitrogen and oxygen atoms in total. The molecule has 0 bridgehead atoms. The first-order valence-electron chi connectivity index (χ1n) is 7.39. The summed E-state index contributed by atoms with van der Waals surface area (Å²) in [5, 5.41) is 0.369. The van der Waals surface area contributed by atoms with E-state index in [1.807, 2.05) is 27.7 Å². The highest BCUT2D eigenvalue weighted by atomic mass is 35.5. The van der Waals surface area contributed by atoms with Crippen LogP contribution in [0.1, 0.15) is 39.3 Å². The lowest BCUT2D eigenvalue weighted by atomic mass is 10.1. The molecule has 1 aromatic rings. The van der Waals surface area contributed by atoms with Gasteiger partial charge in [-0.05, 0) is 33.8 Å². The first-order chi connectivity index (χ1) is 10.2. The Labute approximate surface area is 135 Å². The number of piperidine rings is 1. The van der Waals surface area contributed by atoms with E-state index in [4.69, 9.17) is 21.1 Å². The van der Waals surface area contributed by atoms with Crippen molar-refractivity contribution in [1.82, 2.24) is 14.9 Å². The second-order valence-electron chi connectivity index (χ2n) is 6.40. The van der Waals surface area contributed by atoms with Crippen LogP contribution in [-0.2, 0) is 4.74 Å². The van der Waals surface area contributed by atoms with E-state index in [0.29, 0.717) is 37.1 Å². The van der Waals surface area contributed by atoms with Crippen molar-refractivity contribution < 1.29 is 14.3 Å². The summed E-state index contributed by atoms with van der Waals surface area (Å²) in [4.78, 5) is 22.0. The van der Waals surface area contributed by atoms with Crippen LogP contribution in [0.2, 0.25) is 5.15 Å². The lowest BCUT2D eigenvalue weighted by Gasteiger charge is -2.33. The summed E-state index contributed by atoms with van der Waals surface area (Å²) in [6.45, 7) is 8.61. The van der Waals surface area contributed by atoms with E-state index >= 15 is 0 Å². The molecule has 7 heteroatoms. The minimum atomic E-state index is -0.476. The van der Waals surface area contributed by atoms with Gasteiger partial charge in [0.1, 0.15) is 16.9 Å². The third-order valence-corrected chi connectivity index (χ3v) is 3.36. The molecule has 1 saturated heterocycles. The third-order valence-electron chi connectivity index (χ3n) is 3.17. The first kappa shape index (κ1) is 16.8. The van der Waals surface area contributed by atoms with Gasteiger partial charge in [-0.25, -0.2) is 9.78 Å². The second kappa shape index (κ2) is 6.69. The van der Waals surface area contributed by atoms with Crippen LogP contribution in [0.15, 0.2) is 6.07 Å². The molecule has 22 heavy (non-hydrogen) atoms. The molecule has 0 unspecified atom stereocenters. The lowest BCUT2D eigenvalue weighted by molar-refractivity contribution is 0.0119. The molecule has 1 aliphatic rings. The maximum absolute atomic E-state index is 12.0. The van der Waals surface area contributed by atoms with Crippen molar-refractivity contribution in [2.45, 2.75) is 52.2 Å². The number of amides is 1. The fraction of sp³-hybridized carbons (Fsp3) is 0.667. The van der Waals surface area contributed by atoms with E-state index in [1.54, 1.807) is 11.0 Å². The largest absolute Gasteiger partial charge is 0.460 e. The maximum Gasteiger partial charge on any atom is 0.410 e. The highest BCUT2D eigenvalue weighted by Gasteiger charge is 2.28. The predicted molar refractivity (Wildman–Crippen MR) is 83.2 cm³/mol. The van der Waals surface area contributed by atoms with Gasteiger partial charge in [0, 0.05) is 31.6 Å². The van der Waals surface area contributed by atoms with E-state index < -0.39 is 5.60 Å². The summed E-state index contributed by atoms with van der Waals surface area (Å²) in [6.07, 6.45) is 1.14. The Morgan fingerprint density at radius 1 is 1.32 bits per heavy atom. The smallest absolute Gasteiger partial charge is 0.410 e. The Balaban J connectivity index is 1.86. The van der Waals surface area contributed by atoms with E-state index in [-0.39, 0.29) is 12.2 Å². The normalized spacial score (nSPS) is 16.5. The molecule has 0 N–H and O–H groups in total. The molecule has 1 fully saturated rings. The van der Waals surface area contributed by atoms with Crippen molar-refractivity contribution in [3.8, 4) is 6.01 Å². The van der Waals surface area contributed by atoms with Crippen molar-refractivity contribution in [2.24, 2.45) is 0 Å². The molecular weight excluding hydrogens is 306 g/mol. The van der Waals surface area contributed by atoms with Crippen LogP contribution in [0.3, 0.4) is 0 Å². The number of ether oxygens (including phenoxy) is 2. The van der Waals surface area contributed by atoms with E-state index in [9.17, 15) is 4.79 Å². The van der Waals surface area contributed by atoms with Gasteiger partial charge in [0.2, 0.25) is 0 Å². The highest BCUT2D eigenvalue weighted by molar-refractivity contribution is 6.29. The summed E-state index contributed by atoms with van der Waals surface area (Å²) in [5.74, 6) is 0. The van der Waals surface area contributed by atoms with Gasteiger partial charge in [0.25, 0.3) is 0 Å². The molecule has 2 rings (SSSR count). The van der Waals surface area contributed by atoms with E-state index in [1.165, 1.54) is 0 Å².